The Balaban J connectivity index is 1.78. The Morgan fingerprint density at radius 3 is 3.00 bits per heavy atom. The fourth-order valence-electron chi connectivity index (χ4n) is 2.01. The van der Waals surface area contributed by atoms with Gasteiger partial charge in [0, 0.05) is 31.5 Å². The van der Waals surface area contributed by atoms with Crippen LogP contribution in [0.3, 0.4) is 0 Å². The van der Waals surface area contributed by atoms with Gasteiger partial charge in [0.15, 0.2) is 5.11 Å². The van der Waals surface area contributed by atoms with Crippen molar-refractivity contribution in [2.75, 3.05) is 25.1 Å². The van der Waals surface area contributed by atoms with Crippen LogP contribution in [-0.2, 0) is 11.3 Å². The molecule has 7 heteroatoms. The van der Waals surface area contributed by atoms with Crippen molar-refractivity contribution in [3.05, 3.63) is 48.0 Å². The molecule has 0 amide bonds. The number of ether oxygens (including phenoxy) is 1. The Bertz CT molecular complexity index is 632. The molecule has 0 fully saturated rings. The zero-order valence-corrected chi connectivity index (χ0v) is 13.9. The molecule has 124 valence electrons. The third-order valence-electron chi connectivity index (χ3n) is 3.14. The molecule has 2 aromatic rings. The number of hydrogen-bond donors (Lipinski definition) is 2. The molecule has 1 aromatic carbocycles. The summed E-state index contributed by atoms with van der Waals surface area (Å²) in [6.07, 6.45) is 4.35. The number of benzene rings is 1. The average molecular weight is 336 g/mol. The maximum Gasteiger partial charge on any atom is 0.170 e. The second-order valence-electron chi connectivity index (χ2n) is 4.95. The molecule has 0 unspecified atom stereocenters. The highest BCUT2D eigenvalue weighted by atomic mass is 32.1. The molecule has 1 aromatic heterocycles. The summed E-state index contributed by atoms with van der Waals surface area (Å²) in [5, 5.41) is 10.9. The molecule has 0 spiro atoms. The van der Waals surface area contributed by atoms with E-state index in [1.165, 1.54) is 6.07 Å². The van der Waals surface area contributed by atoms with Gasteiger partial charge >= 0.3 is 0 Å². The lowest BCUT2D eigenvalue weighted by atomic mass is 10.2. The first-order chi connectivity index (χ1) is 11.2. The maximum atomic E-state index is 13.6. The van der Waals surface area contributed by atoms with Gasteiger partial charge in [-0.15, -0.1) is 0 Å². The number of halogens is 1. The number of aromatic nitrogens is 2. The van der Waals surface area contributed by atoms with Crippen molar-refractivity contribution in [3.8, 4) is 0 Å². The average Bonchev–Trinajstić information content (AvgIpc) is 2.96. The van der Waals surface area contributed by atoms with E-state index in [1.807, 2.05) is 13.0 Å². The molecular weight excluding hydrogens is 315 g/mol. The quantitative estimate of drug-likeness (QED) is 0.573. The molecule has 0 atom stereocenters. The largest absolute Gasteiger partial charge is 0.382 e. The molecule has 0 radical (unpaired) electrons. The number of nitrogens with zero attached hydrogens (tertiary/aromatic N) is 2. The van der Waals surface area contributed by atoms with Crippen LogP contribution in [0.15, 0.2) is 36.7 Å². The van der Waals surface area contributed by atoms with E-state index >= 15 is 0 Å². The predicted molar refractivity (Wildman–Crippen MR) is 93.1 cm³/mol. The first kappa shape index (κ1) is 17.4. The lowest BCUT2D eigenvalue weighted by Crippen LogP contribution is -2.29. The van der Waals surface area contributed by atoms with Gasteiger partial charge in [-0.3, -0.25) is 4.68 Å². The van der Waals surface area contributed by atoms with Gasteiger partial charge in [0.25, 0.3) is 0 Å². The molecular formula is C16H21FN4OS. The van der Waals surface area contributed by atoms with Gasteiger partial charge in [0.1, 0.15) is 5.82 Å². The Morgan fingerprint density at radius 1 is 1.39 bits per heavy atom. The standard InChI is InChI=1S/C16H21FN4OS/c1-2-22-9-5-8-18-16(23)20-14-10-19-21(12-14)11-13-6-3-4-7-15(13)17/h3-4,6-7,10,12H,2,5,8-9,11H2,1H3,(H2,18,20,23). The van der Waals surface area contributed by atoms with Crippen molar-refractivity contribution >= 4 is 23.0 Å². The number of anilines is 1. The van der Waals surface area contributed by atoms with Gasteiger partial charge in [0.05, 0.1) is 18.4 Å². The van der Waals surface area contributed by atoms with E-state index in [0.717, 1.165) is 25.3 Å². The minimum atomic E-state index is -0.232. The highest BCUT2D eigenvalue weighted by Crippen LogP contribution is 2.10. The van der Waals surface area contributed by atoms with Crippen LogP contribution >= 0.6 is 12.2 Å². The maximum absolute atomic E-state index is 13.6. The summed E-state index contributed by atoms with van der Waals surface area (Å²) < 4.78 is 20.5. The summed E-state index contributed by atoms with van der Waals surface area (Å²) >= 11 is 5.21. The lowest BCUT2D eigenvalue weighted by molar-refractivity contribution is 0.146. The van der Waals surface area contributed by atoms with Crippen LogP contribution in [-0.4, -0.2) is 34.7 Å². The van der Waals surface area contributed by atoms with Crippen LogP contribution < -0.4 is 10.6 Å². The van der Waals surface area contributed by atoms with Crippen molar-refractivity contribution in [1.82, 2.24) is 15.1 Å². The highest BCUT2D eigenvalue weighted by Gasteiger charge is 2.04. The van der Waals surface area contributed by atoms with Crippen molar-refractivity contribution in [2.45, 2.75) is 19.9 Å². The normalized spacial score (nSPS) is 10.5. The second-order valence-corrected chi connectivity index (χ2v) is 5.36. The minimum Gasteiger partial charge on any atom is -0.382 e. The molecule has 0 aliphatic rings. The number of rotatable bonds is 8. The topological polar surface area (TPSA) is 51.1 Å². The van der Waals surface area contributed by atoms with Crippen LogP contribution in [0, 0.1) is 5.82 Å². The van der Waals surface area contributed by atoms with Crippen molar-refractivity contribution in [2.24, 2.45) is 0 Å². The van der Waals surface area contributed by atoms with E-state index in [0.29, 0.717) is 23.8 Å². The number of nitrogens with one attached hydrogen (secondary N) is 2. The van der Waals surface area contributed by atoms with Crippen LogP contribution in [0.2, 0.25) is 0 Å². The van der Waals surface area contributed by atoms with Crippen molar-refractivity contribution < 1.29 is 9.13 Å². The molecule has 0 aliphatic carbocycles. The summed E-state index contributed by atoms with van der Waals surface area (Å²) in [7, 11) is 0. The first-order valence-corrected chi connectivity index (χ1v) is 7.98. The third-order valence-corrected chi connectivity index (χ3v) is 3.38. The highest BCUT2D eigenvalue weighted by molar-refractivity contribution is 7.80. The van der Waals surface area contributed by atoms with E-state index < -0.39 is 0 Å². The van der Waals surface area contributed by atoms with Gasteiger partial charge in [-0.05, 0) is 31.6 Å². The fraction of sp³-hybridized carbons (Fsp3) is 0.375. The van der Waals surface area contributed by atoms with Gasteiger partial charge in [-0.1, -0.05) is 18.2 Å². The predicted octanol–water partition coefficient (Wildman–Crippen LogP) is 2.78. The number of thiocarbonyl (C=S) groups is 1. The Kier molecular flexibility index (Phi) is 6.96. The monoisotopic (exact) mass is 336 g/mol. The smallest absolute Gasteiger partial charge is 0.170 e. The summed E-state index contributed by atoms with van der Waals surface area (Å²) in [4.78, 5) is 0. The van der Waals surface area contributed by atoms with Crippen LogP contribution in [0.25, 0.3) is 0 Å². The molecule has 0 saturated carbocycles. The molecule has 1 heterocycles. The third kappa shape index (κ3) is 5.96. The minimum absolute atomic E-state index is 0.232. The summed E-state index contributed by atoms with van der Waals surface area (Å²) in [5.41, 5.74) is 1.36. The van der Waals surface area contributed by atoms with Crippen molar-refractivity contribution in [1.29, 1.82) is 0 Å². The summed E-state index contributed by atoms with van der Waals surface area (Å²) in [6.45, 7) is 4.53. The Morgan fingerprint density at radius 2 is 2.22 bits per heavy atom. The van der Waals surface area contributed by atoms with Gasteiger partial charge in [-0.2, -0.15) is 5.10 Å². The van der Waals surface area contributed by atoms with Crippen molar-refractivity contribution in [3.63, 3.8) is 0 Å². The molecule has 2 rings (SSSR count). The Labute approximate surface area is 140 Å². The molecule has 0 bridgehead atoms. The first-order valence-electron chi connectivity index (χ1n) is 7.57. The van der Waals surface area contributed by atoms with Gasteiger partial charge in [0.2, 0.25) is 0 Å². The van der Waals surface area contributed by atoms with E-state index in [-0.39, 0.29) is 5.82 Å². The summed E-state index contributed by atoms with van der Waals surface area (Å²) in [6, 6.07) is 6.67. The molecule has 23 heavy (non-hydrogen) atoms. The summed E-state index contributed by atoms with van der Waals surface area (Å²) in [5.74, 6) is -0.232. The molecule has 0 saturated heterocycles. The zero-order valence-electron chi connectivity index (χ0n) is 13.1. The van der Waals surface area contributed by atoms with Gasteiger partial charge in [-0.25, -0.2) is 4.39 Å². The lowest BCUT2D eigenvalue weighted by Gasteiger charge is -2.08. The Hall–Kier alpha value is -1.99. The van der Waals surface area contributed by atoms with Crippen LogP contribution in [0.4, 0.5) is 10.1 Å². The van der Waals surface area contributed by atoms with E-state index in [1.54, 1.807) is 29.2 Å². The van der Waals surface area contributed by atoms with Gasteiger partial charge < -0.3 is 15.4 Å². The second kappa shape index (κ2) is 9.22. The SMILES string of the molecule is CCOCCCNC(=S)Nc1cnn(Cc2ccccc2F)c1. The van der Waals surface area contributed by atoms with E-state index in [2.05, 4.69) is 15.7 Å². The molecule has 2 N–H and O–H groups in total. The zero-order chi connectivity index (χ0) is 16.5. The van der Waals surface area contributed by atoms with Crippen LogP contribution in [0.5, 0.6) is 0 Å². The fourth-order valence-corrected chi connectivity index (χ4v) is 2.23. The number of hydrogen-bond acceptors (Lipinski definition) is 3. The molecule has 5 nitrogen and oxygen atoms in total. The van der Waals surface area contributed by atoms with E-state index in [9.17, 15) is 4.39 Å². The van der Waals surface area contributed by atoms with Crippen LogP contribution in [0.1, 0.15) is 18.9 Å². The molecule has 0 aliphatic heterocycles. The van der Waals surface area contributed by atoms with E-state index in [4.69, 9.17) is 17.0 Å².